The average molecular weight is 596 g/mol. The van der Waals surface area contributed by atoms with Crippen molar-refractivity contribution in [3.63, 3.8) is 0 Å². The van der Waals surface area contributed by atoms with Crippen LogP contribution >= 0.6 is 23.2 Å². The van der Waals surface area contributed by atoms with E-state index in [1.54, 1.807) is 42.8 Å². The molecular weight excluding hydrogens is 563 g/mol. The molecule has 0 radical (unpaired) electrons. The lowest BCUT2D eigenvalue weighted by molar-refractivity contribution is -0.189. The van der Waals surface area contributed by atoms with Gasteiger partial charge < -0.3 is 23.7 Å². The molecule has 0 bridgehead atoms. The second kappa shape index (κ2) is 11.6. The normalized spacial score (nSPS) is 22.5. The zero-order valence-electron chi connectivity index (χ0n) is 21.9. The van der Waals surface area contributed by atoms with Crippen molar-refractivity contribution in [2.24, 2.45) is 0 Å². The Balaban J connectivity index is 1.19. The van der Waals surface area contributed by atoms with Gasteiger partial charge in [0.2, 0.25) is 15.8 Å². The Bertz CT molecular complexity index is 1360. The van der Waals surface area contributed by atoms with Gasteiger partial charge in [-0.2, -0.15) is 4.31 Å². The summed E-state index contributed by atoms with van der Waals surface area (Å²) < 4.78 is 47.1. The molecule has 3 heterocycles. The van der Waals surface area contributed by atoms with Crippen LogP contribution in [-0.2, 0) is 31.8 Å². The number of rotatable bonds is 9. The first-order valence-corrected chi connectivity index (χ1v) is 15.1. The fraction of sp³-hybridized carbons (Fsp3) is 0.444. The Labute approximate surface area is 239 Å². The highest BCUT2D eigenvalue weighted by Gasteiger charge is 2.45. The molecule has 0 unspecified atom stereocenters. The van der Waals surface area contributed by atoms with Gasteiger partial charge >= 0.3 is 0 Å². The van der Waals surface area contributed by atoms with E-state index >= 15 is 0 Å². The van der Waals surface area contributed by atoms with Crippen LogP contribution < -0.4 is 9.64 Å². The summed E-state index contributed by atoms with van der Waals surface area (Å²) in [6.45, 7) is 6.68. The molecule has 2 aromatic carbocycles. The third-order valence-electron chi connectivity index (χ3n) is 6.98. The maximum atomic E-state index is 12.4. The quantitative estimate of drug-likeness (QED) is 0.363. The summed E-state index contributed by atoms with van der Waals surface area (Å²) in [4.78, 5) is 6.31. The van der Waals surface area contributed by atoms with Crippen molar-refractivity contribution in [3.8, 4) is 5.75 Å². The molecule has 1 aromatic heterocycles. The van der Waals surface area contributed by atoms with Gasteiger partial charge in [0.1, 0.15) is 18.5 Å². The molecule has 2 aliphatic heterocycles. The van der Waals surface area contributed by atoms with Crippen molar-refractivity contribution in [1.29, 1.82) is 0 Å². The number of benzene rings is 2. The first kappa shape index (κ1) is 28.2. The fourth-order valence-electron chi connectivity index (χ4n) is 4.82. The SMILES string of the molecule is CC(C)S(=O)(=O)N1CCN(c2ccc(OC[C@H]3CO[C@](Cn4ccnc4)(c4ccc(Cl)cc4Cl)O3)cc2)CC1. The monoisotopic (exact) mass is 594 g/mol. The van der Waals surface area contributed by atoms with Crippen LogP contribution in [0.25, 0.3) is 0 Å². The molecule has 2 aliphatic rings. The van der Waals surface area contributed by atoms with Crippen LogP contribution in [0.15, 0.2) is 61.2 Å². The standard InChI is InChI=1S/C27H32Cl2N4O5S/c1-20(2)39(34,35)33-13-11-32(12-14-33)22-4-6-23(7-5-22)36-16-24-17-37-27(38-24,18-31-10-9-30-19-31)25-8-3-21(28)15-26(25)29/h3-10,15,19-20,24H,11-14,16-18H2,1-2H3/t24-,27-/m0/s1. The number of hydrogen-bond donors (Lipinski definition) is 0. The first-order valence-electron chi connectivity index (χ1n) is 12.9. The van der Waals surface area contributed by atoms with Gasteiger partial charge in [0.15, 0.2) is 0 Å². The van der Waals surface area contributed by atoms with Crippen LogP contribution in [0.3, 0.4) is 0 Å². The number of ether oxygens (including phenoxy) is 3. The Morgan fingerprint density at radius 3 is 2.49 bits per heavy atom. The summed E-state index contributed by atoms with van der Waals surface area (Å²) in [5.74, 6) is -0.397. The molecule has 39 heavy (non-hydrogen) atoms. The van der Waals surface area contributed by atoms with Crippen LogP contribution in [-0.4, -0.2) is 73.0 Å². The van der Waals surface area contributed by atoms with E-state index in [1.165, 1.54) is 0 Å². The predicted octanol–water partition coefficient (Wildman–Crippen LogP) is 4.40. The smallest absolute Gasteiger partial charge is 0.216 e. The van der Waals surface area contributed by atoms with E-state index in [0.717, 1.165) is 5.69 Å². The fourth-order valence-corrected chi connectivity index (χ4v) is 6.64. The lowest BCUT2D eigenvalue weighted by atomic mass is 10.1. The minimum atomic E-state index is -3.23. The van der Waals surface area contributed by atoms with Crippen molar-refractivity contribution in [3.05, 3.63) is 76.8 Å². The van der Waals surface area contributed by atoms with E-state index in [1.807, 2.05) is 41.1 Å². The highest BCUT2D eigenvalue weighted by Crippen LogP contribution is 2.40. The van der Waals surface area contributed by atoms with Gasteiger partial charge in [-0.05, 0) is 50.2 Å². The highest BCUT2D eigenvalue weighted by atomic mass is 35.5. The van der Waals surface area contributed by atoms with Crippen molar-refractivity contribution in [2.45, 2.75) is 37.5 Å². The van der Waals surface area contributed by atoms with E-state index < -0.39 is 21.1 Å². The molecular formula is C27H32Cl2N4O5S. The molecule has 0 aliphatic carbocycles. The first-order chi connectivity index (χ1) is 18.7. The van der Waals surface area contributed by atoms with E-state index in [9.17, 15) is 8.42 Å². The zero-order chi connectivity index (χ0) is 27.6. The summed E-state index contributed by atoms with van der Waals surface area (Å²) in [5, 5.41) is 0.585. The number of nitrogens with zero attached hydrogens (tertiary/aromatic N) is 4. The highest BCUT2D eigenvalue weighted by molar-refractivity contribution is 7.89. The lowest BCUT2D eigenvalue weighted by Gasteiger charge is -2.36. The van der Waals surface area contributed by atoms with Crippen LogP contribution in [0, 0.1) is 0 Å². The Morgan fingerprint density at radius 2 is 1.85 bits per heavy atom. The summed E-state index contributed by atoms with van der Waals surface area (Å²) in [7, 11) is -3.23. The third-order valence-corrected chi connectivity index (χ3v) is 9.81. The number of piperazine rings is 1. The Morgan fingerprint density at radius 1 is 1.10 bits per heavy atom. The van der Waals surface area contributed by atoms with E-state index in [4.69, 9.17) is 37.4 Å². The van der Waals surface area contributed by atoms with Crippen LogP contribution in [0.5, 0.6) is 5.75 Å². The van der Waals surface area contributed by atoms with Gasteiger partial charge in [-0.3, -0.25) is 0 Å². The van der Waals surface area contributed by atoms with Gasteiger partial charge in [0, 0.05) is 54.8 Å². The third kappa shape index (κ3) is 6.21. The van der Waals surface area contributed by atoms with Gasteiger partial charge in [-0.15, -0.1) is 0 Å². The number of imidazole rings is 1. The molecule has 0 N–H and O–H groups in total. The van der Waals surface area contributed by atoms with Crippen LogP contribution in [0.1, 0.15) is 19.4 Å². The molecule has 0 spiro atoms. The maximum absolute atomic E-state index is 12.4. The lowest BCUT2D eigenvalue weighted by Crippen LogP contribution is -2.50. The molecule has 0 amide bonds. The summed E-state index contributed by atoms with van der Waals surface area (Å²) in [5.41, 5.74) is 1.72. The van der Waals surface area contributed by atoms with E-state index in [-0.39, 0.29) is 6.10 Å². The minimum Gasteiger partial charge on any atom is -0.491 e. The zero-order valence-corrected chi connectivity index (χ0v) is 24.2. The number of sulfonamides is 1. The number of hydrogen-bond acceptors (Lipinski definition) is 7. The van der Waals surface area contributed by atoms with Gasteiger partial charge in [-0.25, -0.2) is 13.4 Å². The molecule has 210 valence electrons. The molecule has 5 rings (SSSR count). The van der Waals surface area contributed by atoms with E-state index in [0.29, 0.717) is 67.3 Å². The van der Waals surface area contributed by atoms with Crippen LogP contribution in [0.2, 0.25) is 10.0 Å². The topological polar surface area (TPSA) is 86.1 Å². The Kier molecular flexibility index (Phi) is 8.42. The molecule has 2 saturated heterocycles. The predicted molar refractivity (Wildman–Crippen MR) is 151 cm³/mol. The number of anilines is 1. The summed E-state index contributed by atoms with van der Waals surface area (Å²) in [6.07, 6.45) is 4.92. The van der Waals surface area contributed by atoms with Crippen LogP contribution in [0.4, 0.5) is 5.69 Å². The molecule has 2 fully saturated rings. The number of halogens is 2. The minimum absolute atomic E-state index is 0.294. The molecule has 3 aromatic rings. The second-order valence-electron chi connectivity index (χ2n) is 9.95. The maximum Gasteiger partial charge on any atom is 0.216 e. The molecule has 0 saturated carbocycles. The molecule has 9 nitrogen and oxygen atoms in total. The average Bonchev–Trinajstić information content (AvgIpc) is 3.58. The Hall–Kier alpha value is -2.34. The largest absolute Gasteiger partial charge is 0.491 e. The van der Waals surface area contributed by atoms with Gasteiger partial charge in [0.05, 0.1) is 29.8 Å². The van der Waals surface area contributed by atoms with Gasteiger partial charge in [0.25, 0.3) is 0 Å². The van der Waals surface area contributed by atoms with Crippen molar-refractivity contribution < 1.29 is 22.6 Å². The van der Waals surface area contributed by atoms with Gasteiger partial charge in [-0.1, -0.05) is 29.3 Å². The second-order valence-corrected chi connectivity index (χ2v) is 13.3. The molecule has 2 atom stereocenters. The van der Waals surface area contributed by atoms with Crippen molar-refractivity contribution in [1.82, 2.24) is 13.9 Å². The van der Waals surface area contributed by atoms with E-state index in [2.05, 4.69) is 9.88 Å². The van der Waals surface area contributed by atoms with Crippen molar-refractivity contribution in [2.75, 3.05) is 44.3 Å². The molecule has 12 heteroatoms. The number of aromatic nitrogens is 2. The summed E-state index contributed by atoms with van der Waals surface area (Å²) >= 11 is 12.7. The summed E-state index contributed by atoms with van der Waals surface area (Å²) in [6, 6.07) is 13.1. The van der Waals surface area contributed by atoms with Crippen molar-refractivity contribution >= 4 is 38.9 Å².